The number of nitro benzene ring substituents is 1. The van der Waals surface area contributed by atoms with Crippen LogP contribution < -0.4 is 21.1 Å². The molecule has 0 bridgehead atoms. The number of amides is 2. The molecule has 2 aliphatic rings. The number of allylic oxidation sites excluding steroid dienone is 1. The fourth-order valence-corrected chi connectivity index (χ4v) is 4.92. The molecule has 0 fully saturated rings. The van der Waals surface area contributed by atoms with E-state index in [1.807, 2.05) is 30.3 Å². The van der Waals surface area contributed by atoms with Crippen molar-refractivity contribution in [2.24, 2.45) is 16.6 Å². The van der Waals surface area contributed by atoms with Crippen molar-refractivity contribution in [1.82, 2.24) is 0 Å². The molecule has 0 radical (unpaired) electrons. The number of nitrogens with one attached hydrogen (secondary N) is 2. The highest BCUT2D eigenvalue weighted by molar-refractivity contribution is 6.12. The van der Waals surface area contributed by atoms with Crippen LogP contribution in [0.3, 0.4) is 0 Å². The van der Waals surface area contributed by atoms with E-state index < -0.39 is 22.2 Å². The van der Waals surface area contributed by atoms with E-state index in [1.54, 1.807) is 43.5 Å². The lowest BCUT2D eigenvalue weighted by molar-refractivity contribution is -0.385. The number of aliphatic imine (C=N–C) groups is 1. The molecule has 0 aromatic heterocycles. The van der Waals surface area contributed by atoms with Crippen LogP contribution in [0.4, 0.5) is 22.7 Å². The zero-order chi connectivity index (χ0) is 27.0. The van der Waals surface area contributed by atoms with Crippen molar-refractivity contribution in [3.63, 3.8) is 0 Å². The lowest BCUT2D eigenvalue weighted by Gasteiger charge is -2.36. The molecule has 4 N–H and O–H groups in total. The van der Waals surface area contributed by atoms with Crippen LogP contribution in [-0.4, -0.2) is 36.6 Å². The number of carbonyl (C=O) groups excluding carboxylic acids is 2. The molecule has 5 rings (SSSR count). The van der Waals surface area contributed by atoms with Gasteiger partial charge in [-0.3, -0.25) is 24.7 Å². The van der Waals surface area contributed by atoms with Crippen molar-refractivity contribution >= 4 is 40.8 Å². The molecule has 2 unspecified atom stereocenters. The number of rotatable bonds is 6. The lowest BCUT2D eigenvalue weighted by atomic mass is 9.69. The Kier molecular flexibility index (Phi) is 6.15. The van der Waals surface area contributed by atoms with Crippen molar-refractivity contribution in [2.75, 3.05) is 24.3 Å². The second-order valence-corrected chi connectivity index (χ2v) is 9.26. The van der Waals surface area contributed by atoms with E-state index >= 15 is 0 Å². The van der Waals surface area contributed by atoms with Crippen LogP contribution in [-0.2, 0) is 10.2 Å². The molecular formula is C28H25N5O5. The molecule has 0 spiro atoms. The molecular weight excluding hydrogens is 486 g/mol. The smallest absolute Gasteiger partial charge is 0.310 e. The van der Waals surface area contributed by atoms with E-state index in [2.05, 4.69) is 15.6 Å². The number of carbonyl (C=O) groups is 2. The number of fused-ring (bicyclic) bond motifs is 2. The Bertz CT molecular complexity index is 1550. The number of nitrogens with zero attached hydrogens (tertiary/aromatic N) is 2. The second kappa shape index (κ2) is 9.47. The van der Waals surface area contributed by atoms with Crippen LogP contribution in [0.2, 0.25) is 0 Å². The number of nitro groups is 1. The van der Waals surface area contributed by atoms with E-state index in [1.165, 1.54) is 13.2 Å². The standard InChI is InChI=1S/C28H25N5O5/c1-16(26(29)34)28(10-3-11-30-15-28)19-6-8-21-23(14-19)32-27(35)20-7-4-17(12-22(20)31-21)18-5-9-24(33(36)37)25(13-18)38-2/h3-14,16,31H,15H2,1-2H3,(H2,29,34)(H,32,35). The molecule has 10 heteroatoms. The van der Waals surface area contributed by atoms with E-state index in [4.69, 9.17) is 10.5 Å². The summed E-state index contributed by atoms with van der Waals surface area (Å²) in [5.41, 5.74) is 9.31. The topological polar surface area (TPSA) is 149 Å². The van der Waals surface area contributed by atoms with E-state index in [-0.39, 0.29) is 17.3 Å². The van der Waals surface area contributed by atoms with E-state index in [9.17, 15) is 19.7 Å². The summed E-state index contributed by atoms with van der Waals surface area (Å²) in [6.45, 7) is 2.14. The number of benzene rings is 3. The second-order valence-electron chi connectivity index (χ2n) is 9.26. The van der Waals surface area contributed by atoms with Crippen LogP contribution in [0, 0.1) is 16.0 Å². The van der Waals surface area contributed by atoms with Gasteiger partial charge in [0, 0.05) is 23.6 Å². The molecule has 0 saturated heterocycles. The van der Waals surface area contributed by atoms with Crippen molar-refractivity contribution < 1.29 is 19.2 Å². The number of anilines is 3. The largest absolute Gasteiger partial charge is 0.490 e. The lowest BCUT2D eigenvalue weighted by Crippen LogP contribution is -2.43. The predicted octanol–water partition coefficient (Wildman–Crippen LogP) is 4.58. The van der Waals surface area contributed by atoms with Gasteiger partial charge in [0.2, 0.25) is 5.91 Å². The minimum atomic E-state index is -0.734. The average molecular weight is 512 g/mol. The molecule has 2 amide bonds. The van der Waals surface area contributed by atoms with Gasteiger partial charge < -0.3 is 21.1 Å². The number of dihydropyridines is 1. The maximum absolute atomic E-state index is 13.2. The molecule has 2 aliphatic heterocycles. The van der Waals surface area contributed by atoms with E-state index in [0.29, 0.717) is 34.7 Å². The first-order chi connectivity index (χ1) is 18.2. The van der Waals surface area contributed by atoms with Gasteiger partial charge in [-0.25, -0.2) is 0 Å². The van der Waals surface area contributed by atoms with Crippen molar-refractivity contribution in [3.05, 3.63) is 88.0 Å². The van der Waals surface area contributed by atoms with Gasteiger partial charge in [0.15, 0.2) is 5.75 Å². The van der Waals surface area contributed by atoms with Gasteiger partial charge in [0.25, 0.3) is 5.91 Å². The Morgan fingerprint density at radius 2 is 1.84 bits per heavy atom. The molecule has 38 heavy (non-hydrogen) atoms. The highest BCUT2D eigenvalue weighted by Gasteiger charge is 2.40. The van der Waals surface area contributed by atoms with E-state index in [0.717, 1.165) is 11.1 Å². The van der Waals surface area contributed by atoms with Crippen LogP contribution in [0.1, 0.15) is 22.8 Å². The first kappa shape index (κ1) is 24.7. The average Bonchev–Trinajstić information content (AvgIpc) is 3.07. The van der Waals surface area contributed by atoms with Gasteiger partial charge in [-0.15, -0.1) is 0 Å². The van der Waals surface area contributed by atoms with Gasteiger partial charge in [0.1, 0.15) is 0 Å². The first-order valence-electron chi connectivity index (χ1n) is 11.9. The van der Waals surface area contributed by atoms with Gasteiger partial charge in [-0.05, 0) is 59.2 Å². The third-order valence-electron chi connectivity index (χ3n) is 7.19. The number of ether oxygens (including phenoxy) is 1. The Morgan fingerprint density at radius 1 is 1.08 bits per heavy atom. The summed E-state index contributed by atoms with van der Waals surface area (Å²) < 4.78 is 5.20. The zero-order valence-electron chi connectivity index (χ0n) is 20.7. The molecule has 0 saturated carbocycles. The maximum Gasteiger partial charge on any atom is 0.310 e. The monoisotopic (exact) mass is 511 g/mol. The van der Waals surface area contributed by atoms with Crippen LogP contribution in [0.25, 0.3) is 11.1 Å². The third-order valence-corrected chi connectivity index (χ3v) is 7.19. The third kappa shape index (κ3) is 4.15. The van der Waals surface area contributed by atoms with Gasteiger partial charge in [-0.2, -0.15) is 0 Å². The molecule has 2 atom stereocenters. The number of hydrogen-bond donors (Lipinski definition) is 3. The summed E-state index contributed by atoms with van der Waals surface area (Å²) >= 11 is 0. The summed E-state index contributed by atoms with van der Waals surface area (Å²) in [4.78, 5) is 40.5. The van der Waals surface area contributed by atoms with Gasteiger partial charge in [-0.1, -0.05) is 25.1 Å². The number of hydrogen-bond acceptors (Lipinski definition) is 7. The molecule has 10 nitrogen and oxygen atoms in total. The number of primary amides is 1. The normalized spacial score (nSPS) is 18.3. The fourth-order valence-electron chi connectivity index (χ4n) is 4.92. The zero-order valence-corrected chi connectivity index (χ0v) is 20.7. The number of methoxy groups -OCH3 is 1. The summed E-state index contributed by atoms with van der Waals surface area (Å²) in [7, 11) is 1.38. The minimum absolute atomic E-state index is 0.129. The summed E-state index contributed by atoms with van der Waals surface area (Å²) in [5.74, 6) is -1.12. The molecule has 3 aromatic carbocycles. The summed E-state index contributed by atoms with van der Waals surface area (Å²) in [6.07, 6.45) is 5.42. The Hall–Kier alpha value is -4.99. The minimum Gasteiger partial charge on any atom is -0.490 e. The molecule has 3 aromatic rings. The van der Waals surface area contributed by atoms with Crippen molar-refractivity contribution in [1.29, 1.82) is 0 Å². The van der Waals surface area contributed by atoms with Crippen molar-refractivity contribution in [2.45, 2.75) is 12.3 Å². The van der Waals surface area contributed by atoms with Crippen LogP contribution in [0.5, 0.6) is 5.75 Å². The van der Waals surface area contributed by atoms with Gasteiger partial charge >= 0.3 is 5.69 Å². The highest BCUT2D eigenvalue weighted by Crippen LogP contribution is 2.41. The molecule has 0 aliphatic carbocycles. The molecule has 192 valence electrons. The summed E-state index contributed by atoms with van der Waals surface area (Å²) in [5, 5.41) is 17.6. The quantitative estimate of drug-likeness (QED) is 0.326. The van der Waals surface area contributed by atoms with Crippen molar-refractivity contribution in [3.8, 4) is 16.9 Å². The predicted molar refractivity (Wildman–Crippen MR) is 145 cm³/mol. The number of nitrogens with two attached hydrogens (primary N) is 1. The van der Waals surface area contributed by atoms with Gasteiger partial charge in [0.05, 0.1) is 41.2 Å². The Morgan fingerprint density at radius 3 is 2.53 bits per heavy atom. The SMILES string of the molecule is COc1cc(-c2ccc3c(c2)Nc2ccc(C4(C(C)C(N)=O)C=CC=NC4)cc2NC3=O)ccc1[N+](=O)[O-]. The Balaban J connectivity index is 1.53. The first-order valence-corrected chi connectivity index (χ1v) is 11.9. The Labute approximate surface area is 218 Å². The van der Waals surface area contributed by atoms with Crippen LogP contribution in [0.15, 0.2) is 71.7 Å². The fraction of sp³-hybridized carbons (Fsp3) is 0.179. The highest BCUT2D eigenvalue weighted by atomic mass is 16.6. The molecule has 2 heterocycles. The summed E-state index contributed by atoms with van der Waals surface area (Å²) in [6, 6.07) is 15.5. The van der Waals surface area contributed by atoms with Crippen LogP contribution >= 0.6 is 0 Å². The maximum atomic E-state index is 13.2.